The molecular weight excluding hydrogens is 570 g/mol. The maximum atomic E-state index is 15.5. The second-order valence-corrected chi connectivity index (χ2v) is 12.0. The molecule has 1 saturated heterocycles. The molecule has 41 heavy (non-hydrogen) atoms. The van der Waals surface area contributed by atoms with Crippen molar-refractivity contribution in [1.82, 2.24) is 25.2 Å². The van der Waals surface area contributed by atoms with Crippen molar-refractivity contribution in [3.63, 3.8) is 0 Å². The van der Waals surface area contributed by atoms with Crippen LogP contribution in [0.2, 0.25) is 0 Å². The number of amides is 2. The average molecular weight is 597 g/mol. The molecule has 2 amide bonds. The maximum Gasteiger partial charge on any atom is 0.407 e. The Morgan fingerprint density at radius 2 is 1.80 bits per heavy atom. The van der Waals surface area contributed by atoms with Crippen molar-refractivity contribution in [3.05, 3.63) is 89.5 Å². The SMILES string of the molecule is Cc1ccnc(Nc2ncc(Sc3ccnc(C(=O)NCC4(c5ccc(F)cc5)CCN(C(=O)O)CC4)c3F)s2)c1. The minimum Gasteiger partial charge on any atom is -0.465 e. The van der Waals surface area contributed by atoms with Gasteiger partial charge in [-0.15, -0.1) is 0 Å². The lowest BCUT2D eigenvalue weighted by Gasteiger charge is -2.41. The molecule has 3 aromatic heterocycles. The number of hydrogen-bond donors (Lipinski definition) is 3. The molecule has 9 nitrogen and oxygen atoms in total. The summed E-state index contributed by atoms with van der Waals surface area (Å²) in [6, 6.07) is 11.2. The van der Waals surface area contributed by atoms with E-state index in [-0.39, 0.29) is 30.2 Å². The molecule has 0 bridgehead atoms. The van der Waals surface area contributed by atoms with Crippen LogP contribution in [0.25, 0.3) is 0 Å². The van der Waals surface area contributed by atoms with E-state index in [0.29, 0.717) is 28.0 Å². The van der Waals surface area contributed by atoms with Gasteiger partial charge in [0.2, 0.25) is 0 Å². The van der Waals surface area contributed by atoms with Crippen molar-refractivity contribution in [2.75, 3.05) is 25.0 Å². The smallest absolute Gasteiger partial charge is 0.407 e. The van der Waals surface area contributed by atoms with Gasteiger partial charge in [0.25, 0.3) is 5.91 Å². The van der Waals surface area contributed by atoms with E-state index < -0.39 is 29.0 Å². The fourth-order valence-corrected chi connectivity index (χ4v) is 6.55. The number of piperidine rings is 1. The number of nitrogens with one attached hydrogen (secondary N) is 2. The van der Waals surface area contributed by atoms with Crippen LogP contribution in [0.15, 0.2) is 70.2 Å². The summed E-state index contributed by atoms with van der Waals surface area (Å²) < 4.78 is 29.8. The summed E-state index contributed by atoms with van der Waals surface area (Å²) in [7, 11) is 0. The number of aromatic nitrogens is 3. The third-order valence-corrected chi connectivity index (χ3v) is 9.00. The zero-order valence-corrected chi connectivity index (χ0v) is 23.6. The van der Waals surface area contributed by atoms with Crippen molar-refractivity contribution < 1.29 is 23.5 Å². The average Bonchev–Trinajstić information content (AvgIpc) is 3.40. The molecule has 4 aromatic rings. The normalized spacial score (nSPS) is 14.5. The predicted molar refractivity (Wildman–Crippen MR) is 152 cm³/mol. The number of anilines is 2. The highest BCUT2D eigenvalue weighted by Crippen LogP contribution is 2.37. The minimum atomic E-state index is -1.02. The van der Waals surface area contributed by atoms with Crippen molar-refractivity contribution in [3.8, 4) is 0 Å². The lowest BCUT2D eigenvalue weighted by atomic mass is 9.72. The maximum absolute atomic E-state index is 15.5. The van der Waals surface area contributed by atoms with Crippen LogP contribution in [0.4, 0.5) is 24.5 Å². The third-order valence-electron chi connectivity index (χ3n) is 6.95. The quantitative estimate of drug-likeness (QED) is 0.232. The number of thiazole rings is 1. The lowest BCUT2D eigenvalue weighted by Crippen LogP contribution is -2.50. The molecular formula is C28H26F2N6O3S2. The predicted octanol–water partition coefficient (Wildman–Crippen LogP) is 5.86. The number of rotatable bonds is 8. The van der Waals surface area contributed by atoms with Crippen molar-refractivity contribution in [2.24, 2.45) is 0 Å². The molecule has 1 aromatic carbocycles. The zero-order valence-electron chi connectivity index (χ0n) is 21.9. The van der Waals surface area contributed by atoms with Crippen LogP contribution in [0.5, 0.6) is 0 Å². The number of halogens is 2. The van der Waals surface area contributed by atoms with Crippen molar-refractivity contribution in [2.45, 2.75) is 34.3 Å². The second kappa shape index (κ2) is 12.2. The van der Waals surface area contributed by atoms with Gasteiger partial charge in [-0.3, -0.25) is 4.79 Å². The summed E-state index contributed by atoms with van der Waals surface area (Å²) in [6.07, 6.45) is 4.49. The van der Waals surface area contributed by atoms with E-state index in [1.165, 1.54) is 40.6 Å². The fraction of sp³-hybridized carbons (Fsp3) is 0.250. The number of carboxylic acid groups (broad SMARTS) is 1. The van der Waals surface area contributed by atoms with Crippen molar-refractivity contribution in [1.29, 1.82) is 0 Å². The zero-order chi connectivity index (χ0) is 29.0. The van der Waals surface area contributed by atoms with Crippen LogP contribution in [-0.4, -0.2) is 56.6 Å². The number of pyridine rings is 2. The van der Waals surface area contributed by atoms with Crippen LogP contribution >= 0.6 is 23.1 Å². The number of nitrogens with zero attached hydrogens (tertiary/aromatic N) is 4. The van der Waals surface area contributed by atoms with Gasteiger partial charge in [-0.2, -0.15) is 0 Å². The highest BCUT2D eigenvalue weighted by atomic mass is 32.2. The number of carbonyl (C=O) groups excluding carboxylic acids is 1. The number of carbonyl (C=O) groups is 2. The monoisotopic (exact) mass is 596 g/mol. The summed E-state index contributed by atoms with van der Waals surface area (Å²) >= 11 is 2.45. The Morgan fingerprint density at radius 3 is 2.51 bits per heavy atom. The van der Waals surface area contributed by atoms with Gasteiger partial charge in [-0.05, 0) is 61.2 Å². The second-order valence-electron chi connectivity index (χ2n) is 9.64. The summed E-state index contributed by atoms with van der Waals surface area (Å²) in [5, 5.41) is 15.9. The van der Waals surface area contributed by atoms with E-state index in [0.717, 1.165) is 22.9 Å². The van der Waals surface area contributed by atoms with Crippen LogP contribution in [0.1, 0.15) is 34.5 Å². The largest absolute Gasteiger partial charge is 0.465 e. The van der Waals surface area contributed by atoms with E-state index >= 15 is 4.39 Å². The van der Waals surface area contributed by atoms with Gasteiger partial charge in [-0.1, -0.05) is 35.2 Å². The number of hydrogen-bond acceptors (Lipinski definition) is 8. The molecule has 0 spiro atoms. The third kappa shape index (κ3) is 6.63. The lowest BCUT2D eigenvalue weighted by molar-refractivity contribution is 0.0898. The van der Waals surface area contributed by atoms with E-state index in [1.807, 2.05) is 19.1 Å². The molecule has 0 saturated carbocycles. The van der Waals surface area contributed by atoms with Gasteiger partial charge < -0.3 is 20.6 Å². The van der Waals surface area contributed by atoms with E-state index in [2.05, 4.69) is 25.6 Å². The summed E-state index contributed by atoms with van der Waals surface area (Å²) in [4.78, 5) is 38.7. The highest BCUT2D eigenvalue weighted by molar-refractivity contribution is 8.01. The first kappa shape index (κ1) is 28.4. The van der Waals surface area contributed by atoms with Crippen LogP contribution < -0.4 is 10.6 Å². The first-order chi connectivity index (χ1) is 19.7. The first-order valence-electron chi connectivity index (χ1n) is 12.7. The van der Waals surface area contributed by atoms with Gasteiger partial charge in [0, 0.05) is 37.4 Å². The van der Waals surface area contributed by atoms with Gasteiger partial charge in [0.1, 0.15) is 11.6 Å². The molecule has 0 unspecified atom stereocenters. The van der Waals surface area contributed by atoms with E-state index in [9.17, 15) is 19.1 Å². The minimum absolute atomic E-state index is 0.111. The van der Waals surface area contributed by atoms with E-state index in [4.69, 9.17) is 0 Å². The van der Waals surface area contributed by atoms with Gasteiger partial charge in [-0.25, -0.2) is 28.5 Å². The molecule has 1 aliphatic heterocycles. The molecule has 0 atom stereocenters. The highest BCUT2D eigenvalue weighted by Gasteiger charge is 2.38. The Kier molecular flexibility index (Phi) is 8.45. The standard InChI is InChI=1S/C28H26F2N6O3S2/c1-17-6-10-31-21(14-17)35-26-33-15-22(41-26)40-20-7-11-32-24(23(20)30)25(37)34-16-28(18-2-4-19(29)5-3-18)8-12-36(13-9-28)27(38)39/h2-7,10-11,14-15H,8-9,12-13,16H2,1H3,(H,34,37)(H,38,39)(H,31,33,35). The fourth-order valence-electron chi connectivity index (χ4n) is 4.68. The summed E-state index contributed by atoms with van der Waals surface area (Å²) in [5.41, 5.74) is 0.834. The molecule has 3 N–H and O–H groups in total. The number of benzene rings is 1. The first-order valence-corrected chi connectivity index (χ1v) is 14.4. The Morgan fingerprint density at radius 1 is 1.07 bits per heavy atom. The molecule has 0 aliphatic carbocycles. The molecule has 13 heteroatoms. The van der Waals surface area contributed by atoms with Crippen LogP contribution in [-0.2, 0) is 5.41 Å². The Hall–Kier alpha value is -4.10. The molecule has 0 radical (unpaired) electrons. The molecule has 1 fully saturated rings. The Labute approximate surface area is 243 Å². The van der Waals surface area contributed by atoms with Gasteiger partial charge >= 0.3 is 6.09 Å². The Bertz CT molecular complexity index is 1560. The molecule has 4 heterocycles. The number of aryl methyl sites for hydroxylation is 1. The topological polar surface area (TPSA) is 120 Å². The Balaban J connectivity index is 1.28. The van der Waals surface area contributed by atoms with Crippen molar-refractivity contribution >= 4 is 46.0 Å². The van der Waals surface area contributed by atoms with Gasteiger partial charge in [0.15, 0.2) is 16.6 Å². The van der Waals surface area contributed by atoms with Crippen LogP contribution in [0.3, 0.4) is 0 Å². The van der Waals surface area contributed by atoms with E-state index in [1.54, 1.807) is 24.5 Å². The number of likely N-dealkylation sites (tertiary alicyclic amines) is 1. The summed E-state index contributed by atoms with van der Waals surface area (Å²) in [6.45, 7) is 2.58. The van der Waals surface area contributed by atoms with Gasteiger partial charge in [0.05, 0.1) is 15.3 Å². The molecule has 5 rings (SSSR count). The molecule has 1 aliphatic rings. The molecule has 212 valence electrons. The summed E-state index contributed by atoms with van der Waals surface area (Å²) in [5.74, 6) is -1.19. The van der Waals surface area contributed by atoms with Crippen LogP contribution in [0, 0.1) is 18.6 Å².